The fourth-order valence-corrected chi connectivity index (χ4v) is 2.78. The first-order valence-electron chi connectivity index (χ1n) is 8.06. The van der Waals surface area contributed by atoms with E-state index in [1.807, 2.05) is 38.1 Å². The summed E-state index contributed by atoms with van der Waals surface area (Å²) in [4.78, 5) is 24.2. The summed E-state index contributed by atoms with van der Waals surface area (Å²) in [5.41, 5.74) is 2.61. The maximum absolute atomic E-state index is 12.2. The Hall–Kier alpha value is -3.02. The summed E-state index contributed by atoms with van der Waals surface area (Å²) in [7, 11) is 1.59. The number of hydrogen-bond donors (Lipinski definition) is 1. The summed E-state index contributed by atoms with van der Waals surface area (Å²) in [6.07, 6.45) is 0.228. The lowest BCUT2D eigenvalue weighted by molar-refractivity contribution is -0.115. The first-order chi connectivity index (χ1) is 12.0. The van der Waals surface area contributed by atoms with Crippen LogP contribution in [0.3, 0.4) is 0 Å². The van der Waals surface area contributed by atoms with E-state index in [0.717, 1.165) is 5.56 Å². The van der Waals surface area contributed by atoms with Gasteiger partial charge in [0.1, 0.15) is 5.75 Å². The molecule has 0 aliphatic heterocycles. The highest BCUT2D eigenvalue weighted by Gasteiger charge is 2.13. The van der Waals surface area contributed by atoms with Crippen LogP contribution >= 0.6 is 0 Å². The maximum atomic E-state index is 12.2. The van der Waals surface area contributed by atoms with Crippen LogP contribution in [0.2, 0.25) is 0 Å². The van der Waals surface area contributed by atoms with Gasteiger partial charge in [0.05, 0.1) is 19.0 Å². The number of nitrogens with one attached hydrogen (secondary N) is 1. The van der Waals surface area contributed by atoms with Gasteiger partial charge in [-0.3, -0.25) is 9.36 Å². The minimum Gasteiger partial charge on any atom is -0.497 e. The van der Waals surface area contributed by atoms with Crippen molar-refractivity contribution in [3.8, 4) is 5.75 Å². The number of oxazole rings is 1. The van der Waals surface area contributed by atoms with E-state index in [4.69, 9.17) is 9.15 Å². The molecule has 0 radical (unpaired) electrons. The Bertz CT molecular complexity index is 969. The van der Waals surface area contributed by atoms with Crippen molar-refractivity contribution in [2.75, 3.05) is 12.4 Å². The number of carbonyl (C=O) groups is 1. The fourth-order valence-electron chi connectivity index (χ4n) is 2.78. The number of benzene rings is 2. The van der Waals surface area contributed by atoms with E-state index in [-0.39, 0.29) is 18.4 Å². The van der Waals surface area contributed by atoms with Crippen LogP contribution in [0.1, 0.15) is 25.5 Å². The third kappa shape index (κ3) is 3.57. The molecule has 0 unspecified atom stereocenters. The molecular formula is C19H20N2O4. The van der Waals surface area contributed by atoms with Gasteiger partial charge in [0.25, 0.3) is 0 Å². The third-order valence-corrected chi connectivity index (χ3v) is 3.91. The highest BCUT2D eigenvalue weighted by atomic mass is 16.5. The highest BCUT2D eigenvalue weighted by molar-refractivity contribution is 5.94. The minimum atomic E-state index is -0.398. The van der Waals surface area contributed by atoms with Gasteiger partial charge in [-0.1, -0.05) is 12.1 Å². The molecule has 0 saturated heterocycles. The normalized spacial score (nSPS) is 11.0. The zero-order valence-corrected chi connectivity index (χ0v) is 14.4. The molecular weight excluding hydrogens is 320 g/mol. The Balaban J connectivity index is 1.78. The summed E-state index contributed by atoms with van der Waals surface area (Å²) >= 11 is 0. The molecule has 25 heavy (non-hydrogen) atoms. The summed E-state index contributed by atoms with van der Waals surface area (Å²) in [6.45, 7) is 3.83. The van der Waals surface area contributed by atoms with E-state index in [1.54, 1.807) is 29.9 Å². The van der Waals surface area contributed by atoms with Crippen molar-refractivity contribution < 1.29 is 13.9 Å². The van der Waals surface area contributed by atoms with Gasteiger partial charge in [0.15, 0.2) is 5.58 Å². The van der Waals surface area contributed by atoms with Crippen molar-refractivity contribution in [2.45, 2.75) is 26.3 Å². The largest absolute Gasteiger partial charge is 0.497 e. The first kappa shape index (κ1) is 16.8. The second-order valence-electron chi connectivity index (χ2n) is 6.09. The molecule has 1 N–H and O–H groups in total. The van der Waals surface area contributed by atoms with Gasteiger partial charge in [-0.2, -0.15) is 0 Å². The first-order valence-corrected chi connectivity index (χ1v) is 8.06. The van der Waals surface area contributed by atoms with Gasteiger partial charge in [0.2, 0.25) is 5.91 Å². The Morgan fingerprint density at radius 1 is 1.24 bits per heavy atom. The van der Waals surface area contributed by atoms with Crippen LogP contribution < -0.4 is 15.8 Å². The third-order valence-electron chi connectivity index (χ3n) is 3.91. The second-order valence-corrected chi connectivity index (χ2v) is 6.09. The van der Waals surface area contributed by atoms with Gasteiger partial charge >= 0.3 is 5.76 Å². The number of amides is 1. The van der Waals surface area contributed by atoms with Crippen molar-refractivity contribution in [3.63, 3.8) is 0 Å². The van der Waals surface area contributed by atoms with Crippen LogP contribution in [0.15, 0.2) is 51.7 Å². The standard InChI is InChI=1S/C19H20N2O4/c1-12(2)21-16-8-7-14(11-17(16)25-19(21)23)20-18(22)10-13-5-4-6-15(9-13)24-3/h4-9,11-12H,10H2,1-3H3,(H,20,22). The molecule has 0 aliphatic carbocycles. The molecule has 6 heteroatoms. The maximum Gasteiger partial charge on any atom is 0.420 e. The van der Waals surface area contributed by atoms with Gasteiger partial charge < -0.3 is 14.5 Å². The van der Waals surface area contributed by atoms with E-state index >= 15 is 0 Å². The topological polar surface area (TPSA) is 73.5 Å². The Morgan fingerprint density at radius 3 is 2.76 bits per heavy atom. The van der Waals surface area contributed by atoms with Gasteiger partial charge in [-0.25, -0.2) is 4.79 Å². The molecule has 6 nitrogen and oxygen atoms in total. The van der Waals surface area contributed by atoms with Crippen molar-refractivity contribution in [1.82, 2.24) is 4.57 Å². The summed E-state index contributed by atoms with van der Waals surface area (Å²) in [6, 6.07) is 12.6. The molecule has 0 bridgehead atoms. The number of rotatable bonds is 5. The predicted octanol–water partition coefficient (Wildman–Crippen LogP) is 3.37. The molecule has 0 spiro atoms. The lowest BCUT2D eigenvalue weighted by Gasteiger charge is -2.08. The van der Waals surface area contributed by atoms with Crippen molar-refractivity contribution in [1.29, 1.82) is 0 Å². The van der Waals surface area contributed by atoms with E-state index in [1.165, 1.54) is 0 Å². The monoisotopic (exact) mass is 340 g/mol. The highest BCUT2D eigenvalue weighted by Crippen LogP contribution is 2.21. The van der Waals surface area contributed by atoms with Crippen molar-refractivity contribution >= 4 is 22.7 Å². The number of aromatic nitrogens is 1. The number of ether oxygens (including phenoxy) is 1. The van der Waals surface area contributed by atoms with Crippen LogP contribution in [-0.4, -0.2) is 17.6 Å². The Labute approximate surface area is 145 Å². The number of fused-ring (bicyclic) bond motifs is 1. The molecule has 3 rings (SSSR count). The van der Waals surface area contributed by atoms with Crippen LogP contribution in [0, 0.1) is 0 Å². The fraction of sp³-hybridized carbons (Fsp3) is 0.263. The van der Waals surface area contributed by atoms with E-state index in [2.05, 4.69) is 5.32 Å². The molecule has 0 fully saturated rings. The van der Waals surface area contributed by atoms with Gasteiger partial charge in [-0.05, 0) is 43.7 Å². The number of methoxy groups -OCH3 is 1. The van der Waals surface area contributed by atoms with E-state index in [0.29, 0.717) is 22.5 Å². The molecule has 2 aromatic carbocycles. The Morgan fingerprint density at radius 2 is 2.04 bits per heavy atom. The van der Waals surface area contributed by atoms with Gasteiger partial charge in [0, 0.05) is 17.8 Å². The lowest BCUT2D eigenvalue weighted by Crippen LogP contribution is -2.16. The average Bonchev–Trinajstić information content (AvgIpc) is 2.90. The quantitative estimate of drug-likeness (QED) is 0.773. The summed E-state index contributed by atoms with van der Waals surface area (Å²) in [5.74, 6) is 0.159. The predicted molar refractivity (Wildman–Crippen MR) is 96.2 cm³/mol. The van der Waals surface area contributed by atoms with Crippen molar-refractivity contribution in [2.24, 2.45) is 0 Å². The Kier molecular flexibility index (Phi) is 4.61. The zero-order chi connectivity index (χ0) is 18.0. The average molecular weight is 340 g/mol. The number of anilines is 1. The molecule has 0 atom stereocenters. The second kappa shape index (κ2) is 6.84. The molecule has 1 heterocycles. The van der Waals surface area contributed by atoms with Crippen LogP contribution in [0.4, 0.5) is 5.69 Å². The van der Waals surface area contributed by atoms with Gasteiger partial charge in [-0.15, -0.1) is 0 Å². The smallest absolute Gasteiger partial charge is 0.420 e. The zero-order valence-electron chi connectivity index (χ0n) is 14.4. The number of nitrogens with zero attached hydrogens (tertiary/aromatic N) is 1. The molecule has 1 aromatic heterocycles. The number of hydrogen-bond acceptors (Lipinski definition) is 4. The molecule has 3 aromatic rings. The molecule has 130 valence electrons. The summed E-state index contributed by atoms with van der Waals surface area (Å²) in [5, 5.41) is 2.83. The molecule has 1 amide bonds. The summed E-state index contributed by atoms with van der Waals surface area (Å²) < 4.78 is 12.0. The molecule has 0 aliphatic rings. The van der Waals surface area contributed by atoms with Crippen LogP contribution in [0.5, 0.6) is 5.75 Å². The SMILES string of the molecule is COc1cccc(CC(=O)Nc2ccc3c(c2)oc(=O)n3C(C)C)c1. The molecule has 0 saturated carbocycles. The minimum absolute atomic E-state index is 0.00209. The lowest BCUT2D eigenvalue weighted by atomic mass is 10.1. The van der Waals surface area contributed by atoms with Crippen molar-refractivity contribution in [3.05, 3.63) is 58.6 Å². The van der Waals surface area contributed by atoms with E-state index in [9.17, 15) is 9.59 Å². The van der Waals surface area contributed by atoms with E-state index < -0.39 is 5.76 Å². The van der Waals surface area contributed by atoms with Crippen LogP contribution in [-0.2, 0) is 11.2 Å². The number of carbonyl (C=O) groups excluding carboxylic acids is 1. The van der Waals surface area contributed by atoms with Crippen LogP contribution in [0.25, 0.3) is 11.1 Å².